The Morgan fingerprint density at radius 3 is 2.58 bits per heavy atom. The Morgan fingerprint density at radius 1 is 1.12 bits per heavy atom. The number of aryl methyl sites for hydroxylation is 2. The molecule has 0 amide bonds. The number of anilines is 1. The van der Waals surface area contributed by atoms with E-state index >= 15 is 0 Å². The lowest BCUT2D eigenvalue weighted by atomic mass is 10.1. The average molecular weight is 345 g/mol. The highest BCUT2D eigenvalue weighted by atomic mass is 32.2. The molecule has 3 aromatic rings. The first-order chi connectivity index (χ1) is 11.3. The Kier molecular flexibility index (Phi) is 3.96. The standard InChI is InChI=1S/C17H19N3O3S/c1-11-8-17(12(2)7-16(11)23-4)24(21,22)20(3)13-5-6-14-15(9-13)19-10-18-14/h5-10H,1-4H3,(H,18,19). The van der Waals surface area contributed by atoms with Crippen molar-refractivity contribution in [1.82, 2.24) is 9.97 Å². The maximum Gasteiger partial charge on any atom is 0.264 e. The first-order valence-electron chi connectivity index (χ1n) is 7.42. The quantitative estimate of drug-likeness (QED) is 0.789. The third kappa shape index (κ3) is 2.60. The summed E-state index contributed by atoms with van der Waals surface area (Å²) in [5.74, 6) is 0.674. The molecule has 3 rings (SSSR count). The smallest absolute Gasteiger partial charge is 0.264 e. The van der Waals surface area contributed by atoms with E-state index in [1.165, 1.54) is 4.31 Å². The summed E-state index contributed by atoms with van der Waals surface area (Å²) in [5.41, 5.74) is 3.57. The minimum atomic E-state index is -3.68. The van der Waals surface area contributed by atoms with Crippen LogP contribution in [0.5, 0.6) is 5.75 Å². The molecule has 0 saturated heterocycles. The Hall–Kier alpha value is -2.54. The molecule has 1 N–H and O–H groups in total. The van der Waals surface area contributed by atoms with Crippen molar-refractivity contribution in [3.05, 3.63) is 47.8 Å². The van der Waals surface area contributed by atoms with Gasteiger partial charge in [0.1, 0.15) is 5.75 Å². The van der Waals surface area contributed by atoms with Crippen LogP contribution in [0.1, 0.15) is 11.1 Å². The maximum absolute atomic E-state index is 13.0. The number of nitrogens with zero attached hydrogens (tertiary/aromatic N) is 2. The third-order valence-electron chi connectivity index (χ3n) is 4.10. The molecule has 0 saturated carbocycles. The molecule has 1 heterocycles. The maximum atomic E-state index is 13.0. The van der Waals surface area contributed by atoms with Gasteiger partial charge in [-0.3, -0.25) is 4.31 Å². The number of nitrogens with one attached hydrogen (secondary N) is 1. The van der Waals surface area contributed by atoms with E-state index in [-0.39, 0.29) is 4.90 Å². The van der Waals surface area contributed by atoms with Crippen LogP contribution < -0.4 is 9.04 Å². The summed E-state index contributed by atoms with van der Waals surface area (Å²) in [4.78, 5) is 7.41. The first-order valence-corrected chi connectivity index (χ1v) is 8.86. The van der Waals surface area contributed by atoms with Crippen molar-refractivity contribution in [2.45, 2.75) is 18.7 Å². The van der Waals surface area contributed by atoms with Gasteiger partial charge in [0.25, 0.3) is 10.0 Å². The lowest BCUT2D eigenvalue weighted by Crippen LogP contribution is -2.27. The molecule has 2 aromatic carbocycles. The van der Waals surface area contributed by atoms with E-state index < -0.39 is 10.0 Å². The number of hydrogen-bond donors (Lipinski definition) is 1. The van der Waals surface area contributed by atoms with Gasteiger partial charge in [0.05, 0.1) is 35.1 Å². The number of imidazole rings is 1. The van der Waals surface area contributed by atoms with Gasteiger partial charge in [-0.1, -0.05) is 0 Å². The monoisotopic (exact) mass is 345 g/mol. The zero-order valence-electron chi connectivity index (χ0n) is 14.0. The van der Waals surface area contributed by atoms with Crippen molar-refractivity contribution in [3.8, 4) is 5.75 Å². The molecule has 7 heteroatoms. The Labute approximate surface area is 141 Å². The normalized spacial score (nSPS) is 11.7. The van der Waals surface area contributed by atoms with Crippen molar-refractivity contribution in [1.29, 1.82) is 0 Å². The number of hydrogen-bond acceptors (Lipinski definition) is 4. The van der Waals surface area contributed by atoms with Crippen LogP contribution >= 0.6 is 0 Å². The molecule has 0 aliphatic heterocycles. The van der Waals surface area contributed by atoms with Crippen molar-refractivity contribution in [2.24, 2.45) is 0 Å². The number of benzene rings is 2. The summed E-state index contributed by atoms with van der Waals surface area (Å²) in [6.07, 6.45) is 1.58. The van der Waals surface area contributed by atoms with Gasteiger partial charge < -0.3 is 9.72 Å². The number of rotatable bonds is 4. The number of aromatic amines is 1. The van der Waals surface area contributed by atoms with Crippen molar-refractivity contribution in [3.63, 3.8) is 0 Å². The van der Waals surface area contributed by atoms with E-state index in [1.54, 1.807) is 57.7 Å². The van der Waals surface area contributed by atoms with Gasteiger partial charge in [-0.05, 0) is 55.3 Å². The van der Waals surface area contributed by atoms with Crippen LogP contribution in [0, 0.1) is 13.8 Å². The summed E-state index contributed by atoms with van der Waals surface area (Å²) in [7, 11) is -0.560. The zero-order chi connectivity index (χ0) is 17.5. The Balaban J connectivity index is 2.07. The number of ether oxygens (including phenoxy) is 1. The van der Waals surface area contributed by atoms with Gasteiger partial charge in [-0.25, -0.2) is 13.4 Å². The lowest BCUT2D eigenvalue weighted by molar-refractivity contribution is 0.411. The molecule has 0 aliphatic rings. The molecule has 0 bridgehead atoms. The van der Waals surface area contributed by atoms with E-state index in [2.05, 4.69) is 9.97 Å². The molecule has 1 aromatic heterocycles. The summed E-state index contributed by atoms with van der Waals surface area (Å²) < 4.78 is 32.6. The molecular formula is C17H19N3O3S. The fourth-order valence-corrected chi connectivity index (χ4v) is 4.14. The van der Waals surface area contributed by atoms with Crippen molar-refractivity contribution in [2.75, 3.05) is 18.5 Å². The molecule has 6 nitrogen and oxygen atoms in total. The summed E-state index contributed by atoms with van der Waals surface area (Å²) in [6.45, 7) is 3.59. The van der Waals surface area contributed by atoms with E-state index in [9.17, 15) is 8.42 Å². The van der Waals surface area contributed by atoms with Gasteiger partial charge in [0.15, 0.2) is 0 Å². The van der Waals surface area contributed by atoms with E-state index in [1.807, 2.05) is 6.92 Å². The van der Waals surface area contributed by atoms with Gasteiger partial charge in [-0.15, -0.1) is 0 Å². The van der Waals surface area contributed by atoms with Crippen molar-refractivity contribution >= 4 is 26.7 Å². The SMILES string of the molecule is COc1cc(C)c(S(=O)(=O)N(C)c2ccc3nc[nH]c3c2)cc1C. The van der Waals surface area contributed by atoms with Crippen LogP contribution in [-0.4, -0.2) is 32.5 Å². The lowest BCUT2D eigenvalue weighted by Gasteiger charge is -2.21. The summed E-state index contributed by atoms with van der Waals surface area (Å²) in [6, 6.07) is 8.69. The molecule has 0 radical (unpaired) electrons. The minimum Gasteiger partial charge on any atom is -0.496 e. The molecule has 0 fully saturated rings. The Morgan fingerprint density at radius 2 is 1.88 bits per heavy atom. The average Bonchev–Trinajstić information content (AvgIpc) is 3.03. The summed E-state index contributed by atoms with van der Waals surface area (Å²) >= 11 is 0. The number of fused-ring (bicyclic) bond motifs is 1. The minimum absolute atomic E-state index is 0.271. The first kappa shape index (κ1) is 16.3. The van der Waals surface area contributed by atoms with E-state index in [4.69, 9.17) is 4.74 Å². The van der Waals surface area contributed by atoms with E-state index in [0.29, 0.717) is 17.0 Å². The van der Waals surface area contributed by atoms with Gasteiger partial charge in [0.2, 0.25) is 0 Å². The molecule has 0 atom stereocenters. The number of methoxy groups -OCH3 is 1. The second kappa shape index (κ2) is 5.83. The molecule has 24 heavy (non-hydrogen) atoms. The Bertz CT molecular complexity index is 1010. The van der Waals surface area contributed by atoms with Gasteiger partial charge in [-0.2, -0.15) is 0 Å². The number of aromatic nitrogens is 2. The van der Waals surface area contributed by atoms with Crippen LogP contribution in [0.2, 0.25) is 0 Å². The zero-order valence-corrected chi connectivity index (χ0v) is 14.8. The fourth-order valence-electron chi connectivity index (χ4n) is 2.67. The van der Waals surface area contributed by atoms with Crippen LogP contribution in [0.25, 0.3) is 11.0 Å². The third-order valence-corrected chi connectivity index (χ3v) is 6.03. The molecule has 0 spiro atoms. The van der Waals surface area contributed by atoms with Gasteiger partial charge >= 0.3 is 0 Å². The molecule has 0 unspecified atom stereocenters. The van der Waals surface area contributed by atoms with Crippen LogP contribution in [0.15, 0.2) is 41.6 Å². The highest BCUT2D eigenvalue weighted by molar-refractivity contribution is 7.92. The fraction of sp³-hybridized carbons (Fsp3) is 0.235. The highest BCUT2D eigenvalue weighted by Gasteiger charge is 2.24. The topological polar surface area (TPSA) is 75.3 Å². The van der Waals surface area contributed by atoms with E-state index in [0.717, 1.165) is 16.6 Å². The highest BCUT2D eigenvalue weighted by Crippen LogP contribution is 2.30. The van der Waals surface area contributed by atoms with Crippen molar-refractivity contribution < 1.29 is 13.2 Å². The predicted octanol–water partition coefficient (Wildman–Crippen LogP) is 3.01. The predicted molar refractivity (Wildman–Crippen MR) is 94.2 cm³/mol. The number of H-pyrrole nitrogens is 1. The largest absolute Gasteiger partial charge is 0.496 e. The van der Waals surface area contributed by atoms with Crippen LogP contribution in [0.3, 0.4) is 0 Å². The molecule has 126 valence electrons. The van der Waals surface area contributed by atoms with Crippen LogP contribution in [-0.2, 0) is 10.0 Å². The summed E-state index contributed by atoms with van der Waals surface area (Å²) in [5, 5.41) is 0. The van der Waals surface area contributed by atoms with Crippen LogP contribution in [0.4, 0.5) is 5.69 Å². The molecular weight excluding hydrogens is 326 g/mol. The second-order valence-electron chi connectivity index (χ2n) is 5.66. The molecule has 0 aliphatic carbocycles. The second-order valence-corrected chi connectivity index (χ2v) is 7.60. The number of sulfonamides is 1. The van der Waals surface area contributed by atoms with Gasteiger partial charge in [0, 0.05) is 7.05 Å².